The van der Waals surface area contributed by atoms with Crippen LogP contribution in [0, 0.1) is 16.7 Å². The number of carbonyl (C=O) groups excluding carboxylic acids is 1. The van der Waals surface area contributed by atoms with Crippen molar-refractivity contribution in [3.05, 3.63) is 0 Å². The summed E-state index contributed by atoms with van der Waals surface area (Å²) in [4.78, 5) is 12.6. The predicted octanol–water partition coefficient (Wildman–Crippen LogP) is 3.65. The molecule has 20 heavy (non-hydrogen) atoms. The van der Waals surface area contributed by atoms with Gasteiger partial charge in [0, 0.05) is 6.04 Å². The van der Waals surface area contributed by atoms with E-state index < -0.39 is 5.41 Å². The van der Waals surface area contributed by atoms with E-state index in [9.17, 15) is 4.79 Å². The van der Waals surface area contributed by atoms with E-state index in [1.807, 2.05) is 6.92 Å². The molecule has 2 rings (SSSR count). The van der Waals surface area contributed by atoms with Gasteiger partial charge in [0.1, 0.15) is 6.10 Å². The van der Waals surface area contributed by atoms with Gasteiger partial charge in [0.25, 0.3) is 0 Å². The zero-order valence-corrected chi connectivity index (χ0v) is 13.6. The van der Waals surface area contributed by atoms with E-state index in [2.05, 4.69) is 20.8 Å². The molecule has 116 valence electrons. The van der Waals surface area contributed by atoms with Gasteiger partial charge in [-0.3, -0.25) is 4.79 Å². The van der Waals surface area contributed by atoms with Crippen LogP contribution in [-0.4, -0.2) is 18.1 Å². The van der Waals surface area contributed by atoms with E-state index in [1.54, 1.807) is 0 Å². The Labute approximate surface area is 123 Å². The standard InChI is InChI=1S/C17H31NO2/c1-12-9-13(11-16(2,3)10-12)20-15(19)17(4)8-6-5-7-14(17)18/h12-14H,5-11,18H2,1-4H3. The quantitative estimate of drug-likeness (QED) is 0.786. The van der Waals surface area contributed by atoms with Crippen molar-refractivity contribution in [1.82, 2.24) is 0 Å². The fourth-order valence-corrected chi connectivity index (χ4v) is 4.25. The summed E-state index contributed by atoms with van der Waals surface area (Å²) in [6.07, 6.45) is 7.32. The summed E-state index contributed by atoms with van der Waals surface area (Å²) < 4.78 is 5.89. The summed E-state index contributed by atoms with van der Waals surface area (Å²) >= 11 is 0. The number of esters is 1. The molecule has 2 aliphatic rings. The lowest BCUT2D eigenvalue weighted by atomic mass is 9.70. The van der Waals surface area contributed by atoms with Crippen molar-refractivity contribution in [2.75, 3.05) is 0 Å². The largest absolute Gasteiger partial charge is 0.462 e. The second-order valence-electron chi connectivity index (χ2n) is 8.21. The first-order chi connectivity index (χ1) is 9.23. The molecule has 0 saturated heterocycles. The van der Waals surface area contributed by atoms with Gasteiger partial charge in [0.05, 0.1) is 5.41 Å². The molecule has 0 amide bonds. The van der Waals surface area contributed by atoms with Crippen LogP contribution >= 0.6 is 0 Å². The average Bonchev–Trinajstić information content (AvgIpc) is 2.30. The highest BCUT2D eigenvalue weighted by Crippen LogP contribution is 2.42. The first kappa shape index (κ1) is 15.8. The van der Waals surface area contributed by atoms with E-state index in [4.69, 9.17) is 10.5 Å². The third kappa shape index (κ3) is 3.36. The van der Waals surface area contributed by atoms with Crippen LogP contribution in [0.2, 0.25) is 0 Å². The summed E-state index contributed by atoms with van der Waals surface area (Å²) in [6.45, 7) is 8.81. The molecule has 2 aliphatic carbocycles. The summed E-state index contributed by atoms with van der Waals surface area (Å²) in [7, 11) is 0. The van der Waals surface area contributed by atoms with Gasteiger partial charge in [-0.2, -0.15) is 0 Å². The minimum atomic E-state index is -0.469. The molecule has 2 saturated carbocycles. The highest BCUT2D eigenvalue weighted by Gasteiger charge is 2.44. The van der Waals surface area contributed by atoms with Gasteiger partial charge in [0.15, 0.2) is 0 Å². The minimum Gasteiger partial charge on any atom is -0.462 e. The Bertz CT molecular complexity index is 366. The Kier molecular flexibility index (Phi) is 4.48. The van der Waals surface area contributed by atoms with Crippen LogP contribution in [0.1, 0.15) is 72.6 Å². The highest BCUT2D eigenvalue weighted by atomic mass is 16.5. The minimum absolute atomic E-state index is 0.0437. The number of rotatable bonds is 2. The van der Waals surface area contributed by atoms with Gasteiger partial charge in [-0.05, 0) is 50.4 Å². The molecule has 4 atom stereocenters. The van der Waals surface area contributed by atoms with Gasteiger partial charge in [0.2, 0.25) is 0 Å². The lowest BCUT2D eigenvalue weighted by Crippen LogP contribution is -2.49. The molecule has 0 aromatic rings. The van der Waals surface area contributed by atoms with E-state index in [0.29, 0.717) is 5.92 Å². The van der Waals surface area contributed by atoms with Crippen molar-refractivity contribution >= 4 is 5.97 Å². The summed E-state index contributed by atoms with van der Waals surface area (Å²) in [5.74, 6) is 0.573. The summed E-state index contributed by atoms with van der Waals surface area (Å²) in [5, 5.41) is 0. The molecule has 4 unspecified atom stereocenters. The van der Waals surface area contributed by atoms with Crippen LogP contribution in [0.25, 0.3) is 0 Å². The third-order valence-electron chi connectivity index (χ3n) is 5.37. The Balaban J connectivity index is 2.00. The predicted molar refractivity (Wildman–Crippen MR) is 81.2 cm³/mol. The first-order valence-corrected chi connectivity index (χ1v) is 8.20. The smallest absolute Gasteiger partial charge is 0.313 e. The lowest BCUT2D eigenvalue weighted by Gasteiger charge is -2.42. The molecule has 3 heteroatoms. The maximum atomic E-state index is 12.6. The monoisotopic (exact) mass is 281 g/mol. The molecule has 2 fully saturated rings. The second kappa shape index (κ2) is 5.67. The Morgan fingerprint density at radius 3 is 2.50 bits per heavy atom. The third-order valence-corrected chi connectivity index (χ3v) is 5.37. The number of nitrogens with two attached hydrogens (primary N) is 1. The van der Waals surface area contributed by atoms with Crippen molar-refractivity contribution in [2.45, 2.75) is 84.8 Å². The van der Waals surface area contributed by atoms with Crippen molar-refractivity contribution in [2.24, 2.45) is 22.5 Å². The van der Waals surface area contributed by atoms with Gasteiger partial charge in [-0.15, -0.1) is 0 Å². The number of carbonyl (C=O) groups is 1. The molecular formula is C17H31NO2. The molecule has 0 heterocycles. The maximum Gasteiger partial charge on any atom is 0.313 e. The molecular weight excluding hydrogens is 250 g/mol. The number of hydrogen-bond acceptors (Lipinski definition) is 3. The van der Waals surface area contributed by atoms with Gasteiger partial charge < -0.3 is 10.5 Å². The van der Waals surface area contributed by atoms with Gasteiger partial charge in [-0.1, -0.05) is 33.6 Å². The summed E-state index contributed by atoms with van der Waals surface area (Å²) in [6, 6.07) is -0.0437. The molecule has 0 aliphatic heterocycles. The van der Waals surface area contributed by atoms with Crippen molar-refractivity contribution in [3.8, 4) is 0 Å². The number of hydrogen-bond donors (Lipinski definition) is 1. The van der Waals surface area contributed by atoms with E-state index in [1.165, 1.54) is 6.42 Å². The van der Waals surface area contributed by atoms with Gasteiger partial charge >= 0.3 is 5.97 Å². The van der Waals surface area contributed by atoms with Crippen LogP contribution in [0.5, 0.6) is 0 Å². The van der Waals surface area contributed by atoms with Crippen molar-refractivity contribution < 1.29 is 9.53 Å². The fourth-order valence-electron chi connectivity index (χ4n) is 4.25. The maximum absolute atomic E-state index is 12.6. The molecule has 3 nitrogen and oxygen atoms in total. The fraction of sp³-hybridized carbons (Fsp3) is 0.941. The van der Waals surface area contributed by atoms with Crippen molar-refractivity contribution in [1.29, 1.82) is 0 Å². The van der Waals surface area contributed by atoms with Crippen LogP contribution in [0.15, 0.2) is 0 Å². The molecule has 2 N–H and O–H groups in total. The van der Waals surface area contributed by atoms with Gasteiger partial charge in [-0.25, -0.2) is 0 Å². The van der Waals surface area contributed by atoms with E-state index >= 15 is 0 Å². The zero-order valence-electron chi connectivity index (χ0n) is 13.6. The van der Waals surface area contributed by atoms with Crippen LogP contribution in [-0.2, 0) is 9.53 Å². The average molecular weight is 281 g/mol. The molecule has 0 aromatic heterocycles. The lowest BCUT2D eigenvalue weighted by molar-refractivity contribution is -0.168. The Hall–Kier alpha value is -0.570. The Morgan fingerprint density at radius 1 is 1.20 bits per heavy atom. The van der Waals surface area contributed by atoms with Crippen molar-refractivity contribution in [3.63, 3.8) is 0 Å². The molecule has 0 bridgehead atoms. The van der Waals surface area contributed by atoms with Crippen LogP contribution < -0.4 is 5.73 Å². The second-order valence-corrected chi connectivity index (χ2v) is 8.21. The van der Waals surface area contributed by atoms with E-state index in [0.717, 1.165) is 38.5 Å². The molecule has 0 aromatic carbocycles. The highest BCUT2D eigenvalue weighted by molar-refractivity contribution is 5.77. The molecule has 0 radical (unpaired) electrons. The SMILES string of the molecule is CC1CC(OC(=O)C2(C)CCCCC2N)CC(C)(C)C1. The first-order valence-electron chi connectivity index (χ1n) is 8.20. The van der Waals surface area contributed by atoms with Crippen LogP contribution in [0.4, 0.5) is 0 Å². The number of ether oxygens (including phenoxy) is 1. The Morgan fingerprint density at radius 2 is 1.90 bits per heavy atom. The van der Waals surface area contributed by atoms with Crippen LogP contribution in [0.3, 0.4) is 0 Å². The summed E-state index contributed by atoms with van der Waals surface area (Å²) in [5.41, 5.74) is 6.01. The normalized spacial score (nSPS) is 41.1. The molecule has 0 spiro atoms. The zero-order chi connectivity index (χ0) is 15.0. The van der Waals surface area contributed by atoms with E-state index in [-0.39, 0.29) is 23.5 Å². The topological polar surface area (TPSA) is 52.3 Å².